The highest BCUT2D eigenvalue weighted by Crippen LogP contribution is 2.30. The summed E-state index contributed by atoms with van der Waals surface area (Å²) in [5.41, 5.74) is 1.34. The minimum absolute atomic E-state index is 0.0286. The normalized spacial score (nSPS) is 12.4. The molecule has 16 heavy (non-hydrogen) atoms. The molecule has 3 nitrogen and oxygen atoms in total. The molecule has 1 aromatic heterocycles. The van der Waals surface area contributed by atoms with Crippen LogP contribution in [0.3, 0.4) is 0 Å². The molecule has 0 fully saturated rings. The first-order valence-corrected chi connectivity index (χ1v) is 6.39. The van der Waals surface area contributed by atoms with Gasteiger partial charge in [-0.3, -0.25) is 0 Å². The first-order valence-electron chi connectivity index (χ1n) is 5.51. The number of hydrogen-bond donors (Lipinski definition) is 3. The van der Waals surface area contributed by atoms with E-state index in [1.54, 1.807) is 11.3 Å². The summed E-state index contributed by atoms with van der Waals surface area (Å²) < 4.78 is 0. The van der Waals surface area contributed by atoms with Gasteiger partial charge in [0.25, 0.3) is 0 Å². The minimum Gasteiger partial charge on any atom is -0.395 e. The third-order valence-electron chi connectivity index (χ3n) is 2.75. The van der Waals surface area contributed by atoms with E-state index in [1.165, 1.54) is 10.4 Å². The predicted octanol–water partition coefficient (Wildman–Crippen LogP) is 1.28. The van der Waals surface area contributed by atoms with Crippen molar-refractivity contribution in [2.24, 2.45) is 0 Å². The zero-order valence-electron chi connectivity index (χ0n) is 10.2. The Hall–Kier alpha value is -0.420. The predicted molar refractivity (Wildman–Crippen MR) is 68.0 cm³/mol. The van der Waals surface area contributed by atoms with Crippen molar-refractivity contribution in [2.75, 3.05) is 19.8 Å². The van der Waals surface area contributed by atoms with Crippen LogP contribution in [0.5, 0.6) is 0 Å². The number of rotatable bonds is 6. The Morgan fingerprint density at radius 1 is 1.38 bits per heavy atom. The summed E-state index contributed by atoms with van der Waals surface area (Å²) in [5, 5.41) is 23.3. The lowest BCUT2D eigenvalue weighted by Crippen LogP contribution is -2.42. The van der Waals surface area contributed by atoms with Crippen molar-refractivity contribution in [2.45, 2.75) is 32.2 Å². The molecule has 0 unspecified atom stereocenters. The summed E-state index contributed by atoms with van der Waals surface area (Å²) in [6.45, 7) is 7.14. The van der Waals surface area contributed by atoms with E-state index in [9.17, 15) is 0 Å². The molecule has 0 aliphatic carbocycles. The third kappa shape index (κ3) is 3.28. The molecule has 3 N–H and O–H groups in total. The minimum atomic E-state index is -0.223. The van der Waals surface area contributed by atoms with Crippen LogP contribution in [0.15, 0.2) is 11.4 Å². The van der Waals surface area contributed by atoms with Crippen molar-refractivity contribution < 1.29 is 10.2 Å². The lowest BCUT2D eigenvalue weighted by atomic mass is 9.89. The van der Waals surface area contributed by atoms with Gasteiger partial charge in [0, 0.05) is 16.8 Å². The Morgan fingerprint density at radius 2 is 2.00 bits per heavy atom. The van der Waals surface area contributed by atoms with Gasteiger partial charge in [0.15, 0.2) is 0 Å². The van der Waals surface area contributed by atoms with Gasteiger partial charge in [-0.25, -0.2) is 0 Å². The standard InChI is InChI=1S/C12H21NO2S/c1-9-4-5-16-11(9)12(2,3)8-13-10(6-14)7-15/h4-5,10,13-15H,6-8H2,1-3H3. The number of thiophene rings is 1. The molecule has 1 rings (SSSR count). The first-order chi connectivity index (χ1) is 7.51. The maximum atomic E-state index is 8.99. The Bertz CT molecular complexity index is 319. The lowest BCUT2D eigenvalue weighted by Gasteiger charge is -2.27. The highest BCUT2D eigenvalue weighted by Gasteiger charge is 2.24. The summed E-state index contributed by atoms with van der Waals surface area (Å²) in [6, 6.07) is 1.90. The second kappa shape index (κ2) is 5.77. The second-order valence-electron chi connectivity index (χ2n) is 4.76. The fourth-order valence-electron chi connectivity index (χ4n) is 1.73. The van der Waals surface area contributed by atoms with Crippen LogP contribution in [0.1, 0.15) is 24.3 Å². The zero-order chi connectivity index (χ0) is 12.2. The second-order valence-corrected chi connectivity index (χ2v) is 5.68. The molecule has 0 aliphatic heterocycles. The molecule has 1 heterocycles. The summed E-state index contributed by atoms with van der Waals surface area (Å²) in [4.78, 5) is 1.36. The maximum absolute atomic E-state index is 8.99. The van der Waals surface area contributed by atoms with E-state index in [0.29, 0.717) is 0 Å². The van der Waals surface area contributed by atoms with Crippen molar-refractivity contribution in [3.05, 3.63) is 21.9 Å². The van der Waals surface area contributed by atoms with Gasteiger partial charge in [0.05, 0.1) is 19.3 Å². The van der Waals surface area contributed by atoms with Gasteiger partial charge < -0.3 is 15.5 Å². The number of hydrogen-bond acceptors (Lipinski definition) is 4. The molecule has 4 heteroatoms. The van der Waals surface area contributed by atoms with E-state index in [0.717, 1.165) is 6.54 Å². The van der Waals surface area contributed by atoms with Crippen LogP contribution < -0.4 is 5.32 Å². The first kappa shape index (κ1) is 13.6. The van der Waals surface area contributed by atoms with E-state index < -0.39 is 0 Å². The number of aryl methyl sites for hydroxylation is 1. The average Bonchev–Trinajstić information content (AvgIpc) is 2.66. The largest absolute Gasteiger partial charge is 0.395 e. The Labute approximate surface area is 101 Å². The van der Waals surface area contributed by atoms with Crippen molar-refractivity contribution in [1.82, 2.24) is 5.32 Å². The molecule has 0 amide bonds. The number of nitrogens with one attached hydrogen (secondary N) is 1. The molecule has 1 aromatic rings. The van der Waals surface area contributed by atoms with Crippen LogP contribution in [0.2, 0.25) is 0 Å². The number of aliphatic hydroxyl groups is 2. The highest BCUT2D eigenvalue weighted by molar-refractivity contribution is 7.10. The number of aliphatic hydroxyl groups excluding tert-OH is 2. The van der Waals surface area contributed by atoms with E-state index in [1.807, 2.05) is 0 Å². The summed E-state index contributed by atoms with van der Waals surface area (Å²) >= 11 is 1.76. The van der Waals surface area contributed by atoms with Gasteiger partial charge in [-0.1, -0.05) is 13.8 Å². The van der Waals surface area contributed by atoms with Crippen LogP contribution in [0.25, 0.3) is 0 Å². The maximum Gasteiger partial charge on any atom is 0.0607 e. The van der Waals surface area contributed by atoms with Gasteiger partial charge in [-0.2, -0.15) is 0 Å². The van der Waals surface area contributed by atoms with E-state index in [2.05, 4.69) is 37.5 Å². The summed E-state index contributed by atoms with van der Waals surface area (Å²) in [5.74, 6) is 0. The van der Waals surface area contributed by atoms with Gasteiger partial charge in [0.2, 0.25) is 0 Å². The van der Waals surface area contributed by atoms with Crippen molar-refractivity contribution in [3.8, 4) is 0 Å². The van der Waals surface area contributed by atoms with Crippen LogP contribution in [-0.4, -0.2) is 36.0 Å². The highest BCUT2D eigenvalue weighted by atomic mass is 32.1. The molecule has 0 aromatic carbocycles. The SMILES string of the molecule is Cc1ccsc1C(C)(C)CNC(CO)CO. The summed E-state index contributed by atoms with van der Waals surface area (Å²) in [6.07, 6.45) is 0. The Kier molecular flexibility index (Phi) is 4.92. The molecular formula is C12H21NO2S. The molecule has 0 atom stereocenters. The summed E-state index contributed by atoms with van der Waals surface area (Å²) in [7, 11) is 0. The smallest absolute Gasteiger partial charge is 0.0607 e. The van der Waals surface area contributed by atoms with Crippen LogP contribution in [0, 0.1) is 6.92 Å². The Morgan fingerprint density at radius 3 is 2.44 bits per heavy atom. The molecule has 0 aliphatic rings. The van der Waals surface area contributed by atoms with Gasteiger partial charge >= 0.3 is 0 Å². The van der Waals surface area contributed by atoms with Crippen LogP contribution >= 0.6 is 11.3 Å². The monoisotopic (exact) mass is 243 g/mol. The molecule has 0 radical (unpaired) electrons. The molecular weight excluding hydrogens is 222 g/mol. The fraction of sp³-hybridized carbons (Fsp3) is 0.667. The molecule has 0 saturated heterocycles. The van der Waals surface area contributed by atoms with Crippen molar-refractivity contribution in [1.29, 1.82) is 0 Å². The molecule has 0 spiro atoms. The average molecular weight is 243 g/mol. The van der Waals surface area contributed by atoms with Gasteiger partial charge in [-0.05, 0) is 23.9 Å². The molecule has 0 bridgehead atoms. The lowest BCUT2D eigenvalue weighted by molar-refractivity contribution is 0.166. The fourth-order valence-corrected chi connectivity index (χ4v) is 2.79. The molecule has 0 saturated carbocycles. The molecule has 92 valence electrons. The third-order valence-corrected chi connectivity index (χ3v) is 4.13. The van der Waals surface area contributed by atoms with Gasteiger partial charge in [0.1, 0.15) is 0 Å². The van der Waals surface area contributed by atoms with Crippen molar-refractivity contribution in [3.63, 3.8) is 0 Å². The van der Waals surface area contributed by atoms with Crippen LogP contribution in [-0.2, 0) is 5.41 Å². The van der Waals surface area contributed by atoms with E-state index in [4.69, 9.17) is 10.2 Å². The van der Waals surface area contributed by atoms with Crippen LogP contribution in [0.4, 0.5) is 0 Å². The van der Waals surface area contributed by atoms with Gasteiger partial charge in [-0.15, -0.1) is 11.3 Å². The Balaban J connectivity index is 2.62. The van der Waals surface area contributed by atoms with E-state index in [-0.39, 0.29) is 24.7 Å². The van der Waals surface area contributed by atoms with E-state index >= 15 is 0 Å². The van der Waals surface area contributed by atoms with Crippen molar-refractivity contribution >= 4 is 11.3 Å². The topological polar surface area (TPSA) is 52.5 Å². The zero-order valence-corrected chi connectivity index (χ0v) is 11.0. The quantitative estimate of drug-likeness (QED) is 0.705.